The summed E-state index contributed by atoms with van der Waals surface area (Å²) in [6.45, 7) is 9.65. The zero-order valence-electron chi connectivity index (χ0n) is 17.3. The fourth-order valence-electron chi connectivity index (χ4n) is 3.43. The molecule has 2 aromatic heterocycles. The van der Waals surface area contributed by atoms with Gasteiger partial charge in [0.05, 0.1) is 11.7 Å². The zero-order chi connectivity index (χ0) is 20.4. The molecule has 4 aromatic rings. The van der Waals surface area contributed by atoms with Gasteiger partial charge in [0, 0.05) is 11.9 Å². The average Bonchev–Trinajstić information content (AvgIpc) is 3.02. The maximum atomic E-state index is 4.67. The molecule has 6 nitrogen and oxygen atoms in total. The first-order chi connectivity index (χ1) is 14.0. The van der Waals surface area contributed by atoms with Crippen molar-refractivity contribution in [1.29, 1.82) is 0 Å². The smallest absolute Gasteiger partial charge is 0.265 e. The number of hydrogen-bond acceptors (Lipinski definition) is 5. The zero-order valence-corrected chi connectivity index (χ0v) is 17.3. The number of para-hydroxylation sites is 1. The normalized spacial score (nSPS) is 12.3. The molecule has 0 bridgehead atoms. The predicted octanol–water partition coefficient (Wildman–Crippen LogP) is 5.13. The van der Waals surface area contributed by atoms with Crippen molar-refractivity contribution in [2.24, 2.45) is 5.10 Å². The molecule has 0 aliphatic rings. The largest absolute Gasteiger partial charge is 0.324 e. The molecule has 0 amide bonds. The highest BCUT2D eigenvalue weighted by Gasteiger charge is 2.14. The number of nitrogens with zero attached hydrogens (tertiary/aromatic N) is 5. The van der Waals surface area contributed by atoms with E-state index in [9.17, 15) is 0 Å². The summed E-state index contributed by atoms with van der Waals surface area (Å²) < 4.78 is 2.19. The van der Waals surface area contributed by atoms with Gasteiger partial charge in [0.25, 0.3) is 5.95 Å². The Hall–Kier alpha value is -3.28. The Morgan fingerprint density at radius 3 is 2.52 bits per heavy atom. The summed E-state index contributed by atoms with van der Waals surface area (Å²) in [7, 11) is 0. The Bertz CT molecular complexity index is 1170. The van der Waals surface area contributed by atoms with E-state index < -0.39 is 0 Å². The SMILES string of the molecule is CCCn1c2ccccc2c2nnc(N/N=C/c3ccc(C(C)(C)C)cc3)nc21. The standard InChI is InChI=1S/C23H26N6/c1-5-14-29-19-9-7-6-8-18(19)20-21(29)25-22(28-26-20)27-24-15-16-10-12-17(13-11-16)23(2,3)4/h6-13,15H,5,14H2,1-4H3,(H,25,27,28)/b24-15+. The third-order valence-electron chi connectivity index (χ3n) is 4.98. The maximum Gasteiger partial charge on any atom is 0.265 e. The molecule has 29 heavy (non-hydrogen) atoms. The highest BCUT2D eigenvalue weighted by molar-refractivity contribution is 6.04. The fourth-order valence-corrected chi connectivity index (χ4v) is 3.43. The second-order valence-electron chi connectivity index (χ2n) is 8.22. The Kier molecular flexibility index (Phi) is 5.01. The van der Waals surface area contributed by atoms with Crippen LogP contribution in [0, 0.1) is 0 Å². The van der Waals surface area contributed by atoms with Crippen LogP contribution in [0.4, 0.5) is 5.95 Å². The first-order valence-electron chi connectivity index (χ1n) is 9.98. The summed E-state index contributed by atoms with van der Waals surface area (Å²) in [5.74, 6) is 0.389. The van der Waals surface area contributed by atoms with Crippen molar-refractivity contribution < 1.29 is 0 Å². The van der Waals surface area contributed by atoms with Crippen molar-refractivity contribution in [2.45, 2.75) is 46.1 Å². The van der Waals surface area contributed by atoms with Crippen LogP contribution in [0.25, 0.3) is 22.1 Å². The first-order valence-corrected chi connectivity index (χ1v) is 9.98. The minimum Gasteiger partial charge on any atom is -0.324 e. The van der Waals surface area contributed by atoms with Crippen LogP contribution in [0.2, 0.25) is 0 Å². The number of fused-ring (bicyclic) bond motifs is 3. The molecule has 0 saturated carbocycles. The fraction of sp³-hybridized carbons (Fsp3) is 0.304. The van der Waals surface area contributed by atoms with Crippen molar-refractivity contribution in [2.75, 3.05) is 5.43 Å². The van der Waals surface area contributed by atoms with Crippen LogP contribution in [-0.2, 0) is 12.0 Å². The molecule has 0 saturated heterocycles. The number of nitrogens with one attached hydrogen (secondary N) is 1. The van der Waals surface area contributed by atoms with Gasteiger partial charge in [-0.05, 0) is 29.0 Å². The quantitative estimate of drug-likeness (QED) is 0.381. The van der Waals surface area contributed by atoms with Crippen molar-refractivity contribution >= 4 is 34.2 Å². The monoisotopic (exact) mass is 386 g/mol. The molecule has 2 heterocycles. The third-order valence-corrected chi connectivity index (χ3v) is 4.98. The lowest BCUT2D eigenvalue weighted by molar-refractivity contribution is 0.590. The van der Waals surface area contributed by atoms with E-state index in [4.69, 9.17) is 0 Å². The molecule has 0 unspecified atom stereocenters. The van der Waals surface area contributed by atoms with Gasteiger partial charge in [-0.15, -0.1) is 10.2 Å². The topological polar surface area (TPSA) is 68.0 Å². The minimum atomic E-state index is 0.139. The van der Waals surface area contributed by atoms with Gasteiger partial charge in [0.2, 0.25) is 0 Å². The molecular weight excluding hydrogens is 360 g/mol. The van der Waals surface area contributed by atoms with E-state index >= 15 is 0 Å². The van der Waals surface area contributed by atoms with Gasteiger partial charge >= 0.3 is 0 Å². The van der Waals surface area contributed by atoms with E-state index in [1.54, 1.807) is 6.21 Å². The Labute approximate surface area is 170 Å². The van der Waals surface area contributed by atoms with Crippen LogP contribution in [0.3, 0.4) is 0 Å². The van der Waals surface area contributed by atoms with Crippen LogP contribution < -0.4 is 5.43 Å². The molecule has 6 heteroatoms. The summed E-state index contributed by atoms with van der Waals surface area (Å²) in [6, 6.07) is 16.6. The van der Waals surface area contributed by atoms with Crippen molar-refractivity contribution in [3.63, 3.8) is 0 Å². The van der Waals surface area contributed by atoms with E-state index in [1.807, 2.05) is 12.1 Å². The molecule has 0 atom stereocenters. The lowest BCUT2D eigenvalue weighted by atomic mass is 9.87. The van der Waals surface area contributed by atoms with Crippen LogP contribution in [0.5, 0.6) is 0 Å². The second kappa shape index (κ2) is 7.62. The Balaban J connectivity index is 1.59. The van der Waals surface area contributed by atoms with Crippen LogP contribution in [0.1, 0.15) is 45.2 Å². The summed E-state index contributed by atoms with van der Waals surface area (Å²) in [6.07, 6.45) is 2.78. The average molecular weight is 387 g/mol. The molecule has 2 aromatic carbocycles. The lowest BCUT2D eigenvalue weighted by Gasteiger charge is -2.18. The molecule has 0 aliphatic heterocycles. The van der Waals surface area contributed by atoms with Gasteiger partial charge in [0.15, 0.2) is 5.65 Å². The molecule has 0 aliphatic carbocycles. The van der Waals surface area contributed by atoms with Crippen molar-refractivity contribution in [3.05, 3.63) is 59.7 Å². The molecule has 0 fully saturated rings. The molecule has 1 N–H and O–H groups in total. The van der Waals surface area contributed by atoms with Crippen molar-refractivity contribution in [1.82, 2.24) is 19.7 Å². The van der Waals surface area contributed by atoms with Crippen LogP contribution in [-0.4, -0.2) is 26.0 Å². The summed E-state index contributed by atoms with van der Waals surface area (Å²) in [5.41, 5.74) is 8.14. The number of hydrogen-bond donors (Lipinski definition) is 1. The van der Waals surface area contributed by atoms with E-state index in [0.29, 0.717) is 5.95 Å². The highest BCUT2D eigenvalue weighted by Crippen LogP contribution is 2.26. The van der Waals surface area contributed by atoms with Crippen molar-refractivity contribution in [3.8, 4) is 0 Å². The Morgan fingerprint density at radius 2 is 1.79 bits per heavy atom. The summed E-state index contributed by atoms with van der Waals surface area (Å²) in [4.78, 5) is 4.67. The molecule has 0 spiro atoms. The van der Waals surface area contributed by atoms with Gasteiger partial charge in [-0.25, -0.2) is 5.43 Å². The number of anilines is 1. The number of aryl methyl sites for hydroxylation is 1. The molecule has 148 valence electrons. The van der Waals surface area contributed by atoms with E-state index in [0.717, 1.165) is 40.6 Å². The maximum absolute atomic E-state index is 4.67. The second-order valence-corrected chi connectivity index (χ2v) is 8.22. The summed E-state index contributed by atoms with van der Waals surface area (Å²) >= 11 is 0. The van der Waals surface area contributed by atoms with E-state index in [2.05, 4.69) is 94.4 Å². The number of hydrazone groups is 1. The lowest BCUT2D eigenvalue weighted by Crippen LogP contribution is -2.10. The highest BCUT2D eigenvalue weighted by atomic mass is 15.4. The molecule has 0 radical (unpaired) electrons. The number of aromatic nitrogens is 4. The van der Waals surface area contributed by atoms with Crippen LogP contribution >= 0.6 is 0 Å². The first kappa shape index (κ1) is 19.1. The Morgan fingerprint density at radius 1 is 1.03 bits per heavy atom. The van der Waals surface area contributed by atoms with Gasteiger partial charge in [-0.3, -0.25) is 0 Å². The van der Waals surface area contributed by atoms with E-state index in [1.165, 1.54) is 5.56 Å². The minimum absolute atomic E-state index is 0.139. The van der Waals surface area contributed by atoms with Gasteiger partial charge in [-0.2, -0.15) is 10.1 Å². The van der Waals surface area contributed by atoms with Gasteiger partial charge in [-0.1, -0.05) is 70.2 Å². The third kappa shape index (κ3) is 3.83. The predicted molar refractivity (Wildman–Crippen MR) is 119 cm³/mol. The van der Waals surface area contributed by atoms with E-state index in [-0.39, 0.29) is 5.41 Å². The number of benzene rings is 2. The summed E-state index contributed by atoms with van der Waals surface area (Å²) in [5, 5.41) is 14.0. The molecule has 4 rings (SSSR count). The molecular formula is C23H26N6. The number of rotatable bonds is 5. The van der Waals surface area contributed by atoms with Gasteiger partial charge in [0.1, 0.15) is 5.52 Å². The van der Waals surface area contributed by atoms with Crippen LogP contribution in [0.15, 0.2) is 53.6 Å². The van der Waals surface area contributed by atoms with Gasteiger partial charge < -0.3 is 4.57 Å².